The lowest BCUT2D eigenvalue weighted by atomic mass is 9.81. The van der Waals surface area contributed by atoms with Gasteiger partial charge in [0.05, 0.1) is 12.5 Å². The van der Waals surface area contributed by atoms with Crippen LogP contribution in [0.15, 0.2) is 24.3 Å². The highest BCUT2D eigenvalue weighted by atomic mass is 35.5. The van der Waals surface area contributed by atoms with Crippen molar-refractivity contribution < 1.29 is 9.53 Å². The van der Waals surface area contributed by atoms with E-state index in [0.717, 1.165) is 38.1 Å². The standard InChI is InChI=1S/C18H28N2O2.ClH/c1-4-18(5-2,13-19)17(21)20-11-10-15(12-20)14-6-8-16(22-3)9-7-14;/h6-9,15H,4-5,10-13,19H2,1-3H3;1H. The minimum Gasteiger partial charge on any atom is -0.497 e. The highest BCUT2D eigenvalue weighted by Crippen LogP contribution is 2.34. The Morgan fingerprint density at radius 2 is 1.91 bits per heavy atom. The number of rotatable bonds is 6. The van der Waals surface area contributed by atoms with Crippen LogP contribution in [0.3, 0.4) is 0 Å². The maximum Gasteiger partial charge on any atom is 0.230 e. The molecule has 2 N–H and O–H groups in total. The van der Waals surface area contributed by atoms with E-state index in [2.05, 4.69) is 26.0 Å². The van der Waals surface area contributed by atoms with Crippen molar-refractivity contribution in [1.29, 1.82) is 0 Å². The van der Waals surface area contributed by atoms with Crippen molar-refractivity contribution in [2.75, 3.05) is 26.7 Å². The number of carbonyl (C=O) groups excluding carboxylic acids is 1. The summed E-state index contributed by atoms with van der Waals surface area (Å²) in [4.78, 5) is 14.9. The van der Waals surface area contributed by atoms with Crippen molar-refractivity contribution in [3.63, 3.8) is 0 Å². The molecule has 2 rings (SSSR count). The van der Waals surface area contributed by atoms with E-state index in [0.29, 0.717) is 12.5 Å². The number of nitrogens with two attached hydrogens (primary N) is 1. The first-order chi connectivity index (χ1) is 10.6. The Labute approximate surface area is 145 Å². The second kappa shape index (κ2) is 8.55. The van der Waals surface area contributed by atoms with Crippen LogP contribution in [0.1, 0.15) is 44.6 Å². The zero-order chi connectivity index (χ0) is 16.2. The Morgan fingerprint density at radius 3 is 2.39 bits per heavy atom. The molecule has 130 valence electrons. The lowest BCUT2D eigenvalue weighted by Gasteiger charge is -2.33. The van der Waals surface area contributed by atoms with Gasteiger partial charge < -0.3 is 15.4 Å². The summed E-state index contributed by atoms with van der Waals surface area (Å²) in [6.07, 6.45) is 2.64. The van der Waals surface area contributed by atoms with Crippen LogP contribution in [0.5, 0.6) is 5.75 Å². The molecule has 0 spiro atoms. The number of ether oxygens (including phenoxy) is 1. The summed E-state index contributed by atoms with van der Waals surface area (Å²) in [7, 11) is 1.67. The molecule has 1 aromatic carbocycles. The number of amides is 1. The van der Waals surface area contributed by atoms with Crippen LogP contribution < -0.4 is 10.5 Å². The normalized spacial score (nSPS) is 17.7. The second-order valence-corrected chi connectivity index (χ2v) is 6.20. The summed E-state index contributed by atoms with van der Waals surface area (Å²) in [5.41, 5.74) is 6.81. The molecular formula is C18H29ClN2O2. The average molecular weight is 341 g/mol. The number of benzene rings is 1. The van der Waals surface area contributed by atoms with Gasteiger partial charge in [-0.25, -0.2) is 0 Å². The molecule has 1 fully saturated rings. The number of methoxy groups -OCH3 is 1. The molecule has 0 aromatic heterocycles. The van der Waals surface area contributed by atoms with Gasteiger partial charge in [0, 0.05) is 25.6 Å². The van der Waals surface area contributed by atoms with E-state index in [1.54, 1.807) is 7.11 Å². The molecular weight excluding hydrogens is 312 g/mol. The zero-order valence-electron chi connectivity index (χ0n) is 14.4. The Bertz CT molecular complexity index is 492. The largest absolute Gasteiger partial charge is 0.497 e. The van der Waals surface area contributed by atoms with Crippen LogP contribution >= 0.6 is 12.4 Å². The fraction of sp³-hybridized carbons (Fsp3) is 0.611. The minimum absolute atomic E-state index is 0. The first-order valence-electron chi connectivity index (χ1n) is 8.23. The Balaban J connectivity index is 0.00000264. The van der Waals surface area contributed by atoms with Crippen molar-refractivity contribution in [3.8, 4) is 5.75 Å². The lowest BCUT2D eigenvalue weighted by Crippen LogP contribution is -2.46. The quantitative estimate of drug-likeness (QED) is 0.865. The van der Waals surface area contributed by atoms with Gasteiger partial charge in [0.25, 0.3) is 0 Å². The van der Waals surface area contributed by atoms with Crippen molar-refractivity contribution in [2.45, 2.75) is 39.0 Å². The van der Waals surface area contributed by atoms with Gasteiger partial charge in [0.1, 0.15) is 5.75 Å². The van der Waals surface area contributed by atoms with E-state index in [9.17, 15) is 4.79 Å². The fourth-order valence-electron chi connectivity index (χ4n) is 3.36. The van der Waals surface area contributed by atoms with Crippen LogP contribution in [-0.4, -0.2) is 37.6 Å². The molecule has 23 heavy (non-hydrogen) atoms. The number of halogens is 1. The molecule has 0 bridgehead atoms. The van der Waals surface area contributed by atoms with E-state index in [-0.39, 0.29) is 23.7 Å². The highest BCUT2D eigenvalue weighted by Gasteiger charge is 2.39. The molecule has 1 aliphatic heterocycles. The van der Waals surface area contributed by atoms with E-state index in [1.807, 2.05) is 17.0 Å². The van der Waals surface area contributed by atoms with Crippen molar-refractivity contribution in [2.24, 2.45) is 11.1 Å². The Kier molecular flexibility index (Phi) is 7.36. The summed E-state index contributed by atoms with van der Waals surface area (Å²) < 4.78 is 5.20. The number of nitrogens with zero attached hydrogens (tertiary/aromatic N) is 1. The number of likely N-dealkylation sites (tertiary alicyclic amines) is 1. The smallest absolute Gasteiger partial charge is 0.230 e. The van der Waals surface area contributed by atoms with Crippen LogP contribution in [0, 0.1) is 5.41 Å². The van der Waals surface area contributed by atoms with Gasteiger partial charge in [-0.05, 0) is 37.0 Å². The maximum atomic E-state index is 12.9. The number of carbonyl (C=O) groups is 1. The zero-order valence-corrected chi connectivity index (χ0v) is 15.2. The predicted molar refractivity (Wildman–Crippen MR) is 96.2 cm³/mol. The first kappa shape index (κ1) is 19.8. The fourth-order valence-corrected chi connectivity index (χ4v) is 3.36. The highest BCUT2D eigenvalue weighted by molar-refractivity contribution is 5.85. The molecule has 1 atom stereocenters. The van der Waals surface area contributed by atoms with Crippen molar-refractivity contribution in [1.82, 2.24) is 4.90 Å². The van der Waals surface area contributed by atoms with Gasteiger partial charge in [0.15, 0.2) is 0 Å². The number of hydrogen-bond donors (Lipinski definition) is 1. The molecule has 0 radical (unpaired) electrons. The van der Waals surface area contributed by atoms with E-state index >= 15 is 0 Å². The van der Waals surface area contributed by atoms with Crippen molar-refractivity contribution >= 4 is 18.3 Å². The predicted octanol–water partition coefficient (Wildman–Crippen LogP) is 3.20. The topological polar surface area (TPSA) is 55.6 Å². The minimum atomic E-state index is -0.380. The third-order valence-electron chi connectivity index (χ3n) is 5.26. The summed E-state index contributed by atoms with van der Waals surface area (Å²) in [5.74, 6) is 1.52. The van der Waals surface area contributed by atoms with E-state index in [4.69, 9.17) is 10.5 Å². The van der Waals surface area contributed by atoms with Crippen LogP contribution in [0.25, 0.3) is 0 Å². The Hall–Kier alpha value is -1.26. The molecule has 0 aliphatic carbocycles. The van der Waals surface area contributed by atoms with Gasteiger partial charge >= 0.3 is 0 Å². The summed E-state index contributed by atoms with van der Waals surface area (Å²) in [6.45, 7) is 6.18. The summed E-state index contributed by atoms with van der Waals surface area (Å²) in [6, 6.07) is 8.19. The SMILES string of the molecule is CCC(CC)(CN)C(=O)N1CCC(c2ccc(OC)cc2)C1.Cl. The molecule has 0 saturated carbocycles. The van der Waals surface area contributed by atoms with Crippen molar-refractivity contribution in [3.05, 3.63) is 29.8 Å². The summed E-state index contributed by atoms with van der Waals surface area (Å²) >= 11 is 0. The molecule has 1 heterocycles. The monoisotopic (exact) mass is 340 g/mol. The molecule has 1 aliphatic rings. The third-order valence-corrected chi connectivity index (χ3v) is 5.26. The summed E-state index contributed by atoms with van der Waals surface area (Å²) in [5, 5.41) is 0. The maximum absolute atomic E-state index is 12.9. The molecule has 4 nitrogen and oxygen atoms in total. The van der Waals surface area contributed by atoms with E-state index < -0.39 is 0 Å². The molecule has 1 saturated heterocycles. The second-order valence-electron chi connectivity index (χ2n) is 6.20. The molecule has 1 unspecified atom stereocenters. The first-order valence-corrected chi connectivity index (χ1v) is 8.23. The van der Waals surface area contributed by atoms with Gasteiger partial charge in [-0.2, -0.15) is 0 Å². The third kappa shape index (κ3) is 3.99. The lowest BCUT2D eigenvalue weighted by molar-refractivity contribution is -0.141. The molecule has 5 heteroatoms. The van der Waals surface area contributed by atoms with Crippen LogP contribution in [0.2, 0.25) is 0 Å². The number of hydrogen-bond acceptors (Lipinski definition) is 3. The van der Waals surface area contributed by atoms with E-state index in [1.165, 1.54) is 5.56 Å². The van der Waals surface area contributed by atoms with Gasteiger partial charge in [-0.3, -0.25) is 4.79 Å². The average Bonchev–Trinajstić information content (AvgIpc) is 3.07. The van der Waals surface area contributed by atoms with Gasteiger partial charge in [-0.15, -0.1) is 12.4 Å². The Morgan fingerprint density at radius 1 is 1.30 bits per heavy atom. The van der Waals surface area contributed by atoms with Crippen LogP contribution in [-0.2, 0) is 4.79 Å². The molecule has 1 aromatic rings. The molecule has 1 amide bonds. The van der Waals surface area contributed by atoms with Gasteiger partial charge in [-0.1, -0.05) is 26.0 Å². The van der Waals surface area contributed by atoms with Gasteiger partial charge in [0.2, 0.25) is 5.91 Å². The van der Waals surface area contributed by atoms with Crippen LogP contribution in [0.4, 0.5) is 0 Å².